The van der Waals surface area contributed by atoms with Crippen molar-refractivity contribution < 1.29 is 81.3 Å². The van der Waals surface area contributed by atoms with Crippen molar-refractivity contribution in [2.75, 3.05) is 32.6 Å². The molecule has 1 aromatic heterocycles. The number of aliphatic imine (C=N–C) groups is 1. The third kappa shape index (κ3) is 22.6. The first-order valence-corrected chi connectivity index (χ1v) is 39.4. The normalized spacial score (nSPS) is 25.4. The van der Waals surface area contributed by atoms with Gasteiger partial charge in [-0.15, -0.1) is 0 Å². The maximum atomic E-state index is 15.8. The van der Waals surface area contributed by atoms with Gasteiger partial charge in [0.1, 0.15) is 82.1 Å². The number of carboxylic acid groups (broad SMARTS) is 1. The number of amidine groups is 1. The van der Waals surface area contributed by atoms with Crippen LogP contribution in [0.2, 0.25) is 15.1 Å². The van der Waals surface area contributed by atoms with E-state index >= 15 is 24.0 Å². The molecule has 0 radical (unpaired) electrons. The van der Waals surface area contributed by atoms with E-state index in [0.29, 0.717) is 38.7 Å². The monoisotopic (exact) mass is 1620 g/mol. The van der Waals surface area contributed by atoms with Gasteiger partial charge < -0.3 is 82.9 Å². The zero-order valence-electron chi connectivity index (χ0n) is 62.4. The number of carboxylic acids is 1. The zero-order valence-corrected chi connectivity index (χ0v) is 65.5. The summed E-state index contributed by atoms with van der Waals surface area (Å²) in [6.45, 7) is 4.63. The molecule has 31 nitrogen and oxygen atoms in total. The number of benzene rings is 5. The van der Waals surface area contributed by atoms with Crippen molar-refractivity contribution in [1.82, 2.24) is 67.5 Å². The van der Waals surface area contributed by atoms with Crippen LogP contribution in [0.25, 0.3) is 10.9 Å². The number of hydrogen-bond acceptors (Lipinski definition) is 18. The number of aliphatic hydroxyl groups excluding tert-OH is 2. The number of amides is 11. The Morgan fingerprint density at radius 2 is 1.10 bits per heavy atom. The first-order chi connectivity index (χ1) is 53.0. The smallest absolute Gasteiger partial charge is 0.326 e. The fourth-order valence-corrected chi connectivity index (χ4v) is 14.7. The number of fused-ring (bicyclic) bond motifs is 2. The summed E-state index contributed by atoms with van der Waals surface area (Å²) in [5.41, 5.74) is 1.19. The van der Waals surface area contributed by atoms with Crippen LogP contribution in [0.5, 0.6) is 0 Å². The third-order valence-electron chi connectivity index (χ3n) is 19.8. The Morgan fingerprint density at radius 3 is 1.66 bits per heavy atom. The SMILES string of the molecule is CC1C(=O)N[C@@H](CCS(C)(=O)=O)C(=O)N[C@]2(Cc3c[nH]c4ccccc34)N=C2N[C@@H](Cc2cccc(Cl)c2)C(=O)N(C)[C@@H](Cc2ccccc2)C(=O)N[C@@H]([C@@H](C)O)C(=O)N[C@@H](Cc2cccc(Cl)c2)C(=O)N[C@H](C(=O)N2CCC[C@H]2C(=O)O)CC(=O)N[C@@H](C)C(=O)N[C@@H]([C@@H](C)O)C(=O)N[C@@H](Cc2cccc(Cl)c2)C(=O)N1C. The highest BCUT2D eigenvalue weighted by atomic mass is 35.5. The average molecular weight is 1620 g/mol. The number of H-pyrrole nitrogens is 1. The number of aliphatic hydroxyl groups is 2. The van der Waals surface area contributed by atoms with Gasteiger partial charge in [0.05, 0.1) is 24.4 Å². The van der Waals surface area contributed by atoms with E-state index in [2.05, 4.69) is 52.8 Å². The number of likely N-dealkylation sites (N-methyl/N-ethyl adjacent to an activating group) is 2. The van der Waals surface area contributed by atoms with E-state index in [1.807, 2.05) is 12.1 Å². The Balaban J connectivity index is 1.14. The van der Waals surface area contributed by atoms with Gasteiger partial charge >= 0.3 is 5.97 Å². The number of hydrogen-bond donors (Lipinski definition) is 13. The molecule has 3 aliphatic rings. The minimum Gasteiger partial charge on any atom is -0.480 e. The number of nitrogens with one attached hydrogen (secondary N) is 10. The van der Waals surface area contributed by atoms with Gasteiger partial charge in [-0.1, -0.05) is 120 Å². The van der Waals surface area contributed by atoms with Crippen molar-refractivity contribution in [2.24, 2.45) is 4.99 Å². The summed E-state index contributed by atoms with van der Waals surface area (Å²) in [6.07, 6.45) is -3.53. The van der Waals surface area contributed by atoms with E-state index < -0.39 is 190 Å². The van der Waals surface area contributed by atoms with Gasteiger partial charge in [-0.05, 0) is 117 Å². The molecule has 5 aromatic carbocycles. The molecule has 0 aliphatic carbocycles. The number of aliphatic carboxylic acids is 1. The third-order valence-corrected chi connectivity index (χ3v) is 21.5. The number of sulfone groups is 1. The number of aromatic nitrogens is 1. The van der Waals surface area contributed by atoms with Crippen molar-refractivity contribution in [3.05, 3.63) is 176 Å². The lowest BCUT2D eigenvalue weighted by molar-refractivity contribution is -0.150. The molecule has 9 rings (SSSR count). The van der Waals surface area contributed by atoms with Gasteiger partial charge in [0.15, 0.2) is 5.66 Å². The summed E-state index contributed by atoms with van der Waals surface area (Å²) in [7, 11) is -1.35. The Kier molecular flexibility index (Phi) is 28.8. The van der Waals surface area contributed by atoms with Gasteiger partial charge in [0.2, 0.25) is 65.0 Å². The van der Waals surface area contributed by atoms with Crippen molar-refractivity contribution in [3.8, 4) is 0 Å². The van der Waals surface area contributed by atoms with Crippen molar-refractivity contribution in [2.45, 2.75) is 170 Å². The highest BCUT2D eigenvalue weighted by Crippen LogP contribution is 2.33. The topological polar surface area (TPSA) is 446 Å². The van der Waals surface area contributed by atoms with Crippen LogP contribution in [0.3, 0.4) is 0 Å². The molecule has 4 heterocycles. The molecule has 13 N–H and O–H groups in total. The van der Waals surface area contributed by atoms with Gasteiger partial charge in [-0.3, -0.25) is 52.7 Å². The fourth-order valence-electron chi connectivity index (χ4n) is 13.4. The second kappa shape index (κ2) is 37.7. The molecule has 598 valence electrons. The lowest BCUT2D eigenvalue weighted by Crippen LogP contribution is -2.63. The highest BCUT2D eigenvalue weighted by molar-refractivity contribution is 7.90. The second-order valence-corrected chi connectivity index (χ2v) is 32.0. The van der Waals surface area contributed by atoms with Crippen LogP contribution in [0.4, 0.5) is 0 Å². The molecule has 0 spiro atoms. The molecule has 1 unspecified atom stereocenters. The summed E-state index contributed by atoms with van der Waals surface area (Å²) in [5, 5.41) is 58.1. The number of halogens is 3. The van der Waals surface area contributed by atoms with Gasteiger partial charge in [-0.25, -0.2) is 18.2 Å². The number of nitrogens with zero attached hydrogens (tertiary/aromatic N) is 4. The van der Waals surface area contributed by atoms with E-state index in [1.165, 1.54) is 53.1 Å². The molecule has 3 aliphatic heterocycles. The number of carbonyl (C=O) groups is 12. The first kappa shape index (κ1) is 85.5. The van der Waals surface area contributed by atoms with Gasteiger partial charge in [0, 0.05) is 91.2 Å². The Labute approximate surface area is 661 Å². The van der Waals surface area contributed by atoms with Crippen molar-refractivity contribution in [3.63, 3.8) is 0 Å². The number of aromatic amines is 1. The molecule has 112 heavy (non-hydrogen) atoms. The minimum absolute atomic E-state index is 0.00520. The molecular weight excluding hydrogens is 1530 g/mol. The molecule has 6 aromatic rings. The summed E-state index contributed by atoms with van der Waals surface area (Å²) < 4.78 is 26.0. The number of carbonyl (C=O) groups excluding carboxylic acids is 11. The highest BCUT2D eigenvalue weighted by Gasteiger charge is 2.53. The standard InChI is InChI=1S/C77H91Cl3N14O17S/c1-41-65(98)88-63(43(3)95)71(104)86-57(35-47-20-14-23-51(79)32-47)72(105)92(5)42(2)66(99)83-55(28-30-112(7,110)111)68(101)90-77(39-49-40-81-54-26-12-11-25-53(49)54)76(91-77)87-58(36-48-21-15-24-52(80)33-48)73(106)93(6)61(37-45-17-9-8-10-18-45)69(102)89-64(44(4)96)70(103)84-56(34-46-19-13-22-50(78)31-46)67(100)85-59(38-62(97)82-41)74(107)94-29-16-27-60(94)75(108)109/h8-15,17-26,31-33,40-44,55-61,63-64,81,95-96H,16,27-30,34-39H2,1-7H3,(H,82,97)(H,83,99)(H,84,103)(H,85,100)(H,86,104)(H,87,91)(H,88,98)(H,89,102)(H,90,101)(H,108,109)/t41-,42?,43+,44+,55-,56-,57-,58-,59-,60-,61-,63-,64-,77+/m0/s1. The lowest BCUT2D eigenvalue weighted by Gasteiger charge is -2.33. The Morgan fingerprint density at radius 1 is 0.580 bits per heavy atom. The van der Waals surface area contributed by atoms with Crippen LogP contribution in [0, 0.1) is 0 Å². The zero-order chi connectivity index (χ0) is 81.6. The van der Waals surface area contributed by atoms with Crippen LogP contribution >= 0.6 is 34.8 Å². The predicted octanol–water partition coefficient (Wildman–Crippen LogP) is 1.59. The molecule has 11 amide bonds. The molecular formula is C77H91Cl3N14O17S. The van der Waals surface area contributed by atoms with Crippen LogP contribution in [-0.4, -0.2) is 237 Å². The summed E-state index contributed by atoms with van der Waals surface area (Å²) in [6, 6.07) is 16.0. The van der Waals surface area contributed by atoms with E-state index in [1.54, 1.807) is 103 Å². The molecule has 0 bridgehead atoms. The number of rotatable bonds is 17. The largest absolute Gasteiger partial charge is 0.480 e. The van der Waals surface area contributed by atoms with E-state index in [9.17, 15) is 57.3 Å². The van der Waals surface area contributed by atoms with Crippen LogP contribution in [-0.2, 0) is 99.5 Å². The van der Waals surface area contributed by atoms with Crippen LogP contribution < -0.4 is 47.9 Å². The Hall–Kier alpha value is -10.5. The maximum absolute atomic E-state index is 15.8. The van der Waals surface area contributed by atoms with E-state index in [4.69, 9.17) is 39.8 Å². The number of likely N-dealkylation sites (tertiary alicyclic amines) is 1. The summed E-state index contributed by atoms with van der Waals surface area (Å²) in [4.78, 5) is 188. The van der Waals surface area contributed by atoms with E-state index in [0.717, 1.165) is 27.9 Å². The van der Waals surface area contributed by atoms with Crippen LogP contribution in [0.15, 0.2) is 139 Å². The summed E-state index contributed by atoms with van der Waals surface area (Å²) >= 11 is 19.4. The quantitative estimate of drug-likeness (QED) is 0.0616. The Bertz CT molecular complexity index is 4690. The fraction of sp³-hybridized carbons (Fsp3) is 0.416. The maximum Gasteiger partial charge on any atom is 0.326 e. The summed E-state index contributed by atoms with van der Waals surface area (Å²) in [5.74, 6) is -13.6. The van der Waals surface area contributed by atoms with E-state index in [-0.39, 0.29) is 66.0 Å². The minimum atomic E-state index is -3.89. The van der Waals surface area contributed by atoms with Crippen molar-refractivity contribution >= 4 is 132 Å². The predicted molar refractivity (Wildman–Crippen MR) is 416 cm³/mol. The van der Waals surface area contributed by atoms with Gasteiger partial charge in [0.25, 0.3) is 0 Å². The molecule has 0 saturated carbocycles. The van der Waals surface area contributed by atoms with Gasteiger partial charge in [-0.2, -0.15) is 0 Å². The second-order valence-electron chi connectivity index (χ2n) is 28.5. The lowest BCUT2D eigenvalue weighted by atomic mass is 9.99. The molecule has 2 fully saturated rings. The molecule has 14 atom stereocenters. The number of para-hydroxylation sites is 1. The first-order valence-electron chi connectivity index (χ1n) is 36.2. The molecule has 2 saturated heterocycles. The van der Waals surface area contributed by atoms with Crippen molar-refractivity contribution in [1.29, 1.82) is 0 Å². The average Bonchev–Trinajstić information content (AvgIpc) is 1.58. The molecule has 35 heteroatoms. The van der Waals surface area contributed by atoms with Crippen LogP contribution in [0.1, 0.15) is 81.2 Å².